The second-order valence-electron chi connectivity index (χ2n) is 5.51. The first kappa shape index (κ1) is 18.9. The molecule has 0 heterocycles. The SMILES string of the molecule is COCCNC(=O)C(C)NC(=O)CC(CN)CC(C)C. The fourth-order valence-electron chi connectivity index (χ4n) is 1.99. The van der Waals surface area contributed by atoms with Gasteiger partial charge < -0.3 is 21.1 Å². The Labute approximate surface area is 121 Å². The van der Waals surface area contributed by atoms with Crippen LogP contribution in [0.3, 0.4) is 0 Å². The van der Waals surface area contributed by atoms with Gasteiger partial charge in [0.2, 0.25) is 11.8 Å². The van der Waals surface area contributed by atoms with E-state index >= 15 is 0 Å². The molecule has 0 bridgehead atoms. The van der Waals surface area contributed by atoms with Gasteiger partial charge in [-0.2, -0.15) is 0 Å². The number of nitrogens with two attached hydrogens (primary N) is 1. The highest BCUT2D eigenvalue weighted by Gasteiger charge is 2.18. The first-order chi connectivity index (χ1) is 9.40. The van der Waals surface area contributed by atoms with Gasteiger partial charge in [0.1, 0.15) is 6.04 Å². The summed E-state index contributed by atoms with van der Waals surface area (Å²) in [6, 6.07) is -0.545. The van der Waals surface area contributed by atoms with Crippen LogP contribution in [0.2, 0.25) is 0 Å². The van der Waals surface area contributed by atoms with Crippen LogP contribution in [-0.4, -0.2) is 44.7 Å². The fourth-order valence-corrected chi connectivity index (χ4v) is 1.99. The summed E-state index contributed by atoms with van der Waals surface area (Å²) in [4.78, 5) is 23.5. The highest BCUT2D eigenvalue weighted by molar-refractivity contribution is 5.87. The maximum absolute atomic E-state index is 11.9. The standard InChI is InChI=1S/C14H29N3O3/c1-10(2)7-12(9-15)8-13(18)17-11(3)14(19)16-5-6-20-4/h10-12H,5-9,15H2,1-4H3,(H,16,19)(H,17,18). The van der Waals surface area contributed by atoms with Gasteiger partial charge in [-0.15, -0.1) is 0 Å². The van der Waals surface area contributed by atoms with E-state index in [0.29, 0.717) is 32.0 Å². The van der Waals surface area contributed by atoms with Crippen molar-refractivity contribution in [2.45, 2.75) is 39.7 Å². The average molecular weight is 287 g/mol. The van der Waals surface area contributed by atoms with Crippen LogP contribution in [0.4, 0.5) is 0 Å². The number of hydrogen-bond acceptors (Lipinski definition) is 4. The molecule has 118 valence electrons. The topological polar surface area (TPSA) is 93.5 Å². The van der Waals surface area contributed by atoms with Crippen molar-refractivity contribution in [3.63, 3.8) is 0 Å². The van der Waals surface area contributed by atoms with Crippen molar-refractivity contribution in [2.75, 3.05) is 26.8 Å². The van der Waals surface area contributed by atoms with Crippen LogP contribution < -0.4 is 16.4 Å². The first-order valence-electron chi connectivity index (χ1n) is 7.16. The lowest BCUT2D eigenvalue weighted by atomic mass is 9.94. The lowest BCUT2D eigenvalue weighted by Crippen LogP contribution is -2.46. The van der Waals surface area contributed by atoms with E-state index < -0.39 is 6.04 Å². The normalized spacial score (nSPS) is 13.9. The summed E-state index contributed by atoms with van der Waals surface area (Å²) in [6.07, 6.45) is 1.28. The van der Waals surface area contributed by atoms with Crippen LogP contribution in [0, 0.1) is 11.8 Å². The van der Waals surface area contributed by atoms with Crippen molar-refractivity contribution in [3.05, 3.63) is 0 Å². The number of hydrogen-bond donors (Lipinski definition) is 3. The van der Waals surface area contributed by atoms with Gasteiger partial charge in [0.25, 0.3) is 0 Å². The Bertz CT molecular complexity index is 295. The smallest absolute Gasteiger partial charge is 0.242 e. The number of ether oxygens (including phenoxy) is 1. The fraction of sp³-hybridized carbons (Fsp3) is 0.857. The second kappa shape index (κ2) is 10.6. The summed E-state index contributed by atoms with van der Waals surface area (Å²) in [6.45, 7) is 7.25. The van der Waals surface area contributed by atoms with E-state index in [1.807, 2.05) is 0 Å². The molecule has 0 saturated heterocycles. The predicted octanol–water partition coefficient (Wildman–Crippen LogP) is 0.265. The third-order valence-electron chi connectivity index (χ3n) is 2.99. The predicted molar refractivity (Wildman–Crippen MR) is 79.1 cm³/mol. The molecule has 0 aromatic rings. The van der Waals surface area contributed by atoms with Crippen LogP contribution in [0.15, 0.2) is 0 Å². The Kier molecular flexibility index (Phi) is 10.0. The van der Waals surface area contributed by atoms with E-state index in [9.17, 15) is 9.59 Å². The number of methoxy groups -OCH3 is 1. The number of carbonyl (C=O) groups excluding carboxylic acids is 2. The van der Waals surface area contributed by atoms with E-state index in [4.69, 9.17) is 10.5 Å². The van der Waals surface area contributed by atoms with E-state index in [1.54, 1.807) is 14.0 Å². The van der Waals surface area contributed by atoms with E-state index in [2.05, 4.69) is 24.5 Å². The number of rotatable bonds is 10. The molecule has 0 aromatic carbocycles. The summed E-state index contributed by atoms with van der Waals surface area (Å²) >= 11 is 0. The van der Waals surface area contributed by atoms with Crippen molar-refractivity contribution >= 4 is 11.8 Å². The van der Waals surface area contributed by atoms with E-state index in [0.717, 1.165) is 6.42 Å². The van der Waals surface area contributed by atoms with Crippen LogP contribution in [0.25, 0.3) is 0 Å². The molecule has 0 fully saturated rings. The van der Waals surface area contributed by atoms with Crippen molar-refractivity contribution in [3.8, 4) is 0 Å². The monoisotopic (exact) mass is 287 g/mol. The molecule has 0 aromatic heterocycles. The summed E-state index contributed by atoms with van der Waals surface area (Å²) in [5.74, 6) is 0.337. The maximum Gasteiger partial charge on any atom is 0.242 e. The molecule has 0 radical (unpaired) electrons. The molecule has 0 saturated carbocycles. The minimum atomic E-state index is -0.545. The van der Waals surface area contributed by atoms with Gasteiger partial charge in [-0.3, -0.25) is 9.59 Å². The highest BCUT2D eigenvalue weighted by atomic mass is 16.5. The Morgan fingerprint density at radius 1 is 1.25 bits per heavy atom. The minimum absolute atomic E-state index is 0.129. The molecule has 0 aliphatic heterocycles. The van der Waals surface area contributed by atoms with Gasteiger partial charge in [-0.05, 0) is 31.7 Å². The van der Waals surface area contributed by atoms with Gasteiger partial charge in [0.05, 0.1) is 6.61 Å². The van der Waals surface area contributed by atoms with Gasteiger partial charge in [-0.1, -0.05) is 13.8 Å². The summed E-state index contributed by atoms with van der Waals surface area (Å²) in [5.41, 5.74) is 5.67. The van der Waals surface area contributed by atoms with Crippen molar-refractivity contribution < 1.29 is 14.3 Å². The molecule has 6 heteroatoms. The van der Waals surface area contributed by atoms with Crippen molar-refractivity contribution in [1.82, 2.24) is 10.6 Å². The third kappa shape index (κ3) is 8.87. The number of nitrogens with one attached hydrogen (secondary N) is 2. The molecule has 2 amide bonds. The largest absolute Gasteiger partial charge is 0.383 e. The zero-order valence-electron chi connectivity index (χ0n) is 13.1. The zero-order valence-corrected chi connectivity index (χ0v) is 13.1. The summed E-state index contributed by atoms with van der Waals surface area (Å²) in [5, 5.41) is 5.38. The summed E-state index contributed by atoms with van der Waals surface area (Å²) < 4.78 is 4.84. The Morgan fingerprint density at radius 2 is 1.90 bits per heavy atom. The zero-order chi connectivity index (χ0) is 15.5. The van der Waals surface area contributed by atoms with Crippen LogP contribution in [0.1, 0.15) is 33.6 Å². The summed E-state index contributed by atoms with van der Waals surface area (Å²) in [7, 11) is 1.57. The molecular formula is C14H29N3O3. The number of carbonyl (C=O) groups is 2. The van der Waals surface area contributed by atoms with Crippen molar-refractivity contribution in [2.24, 2.45) is 17.6 Å². The Morgan fingerprint density at radius 3 is 2.40 bits per heavy atom. The van der Waals surface area contributed by atoms with E-state index in [1.165, 1.54) is 0 Å². The number of amides is 2. The van der Waals surface area contributed by atoms with Gasteiger partial charge in [0, 0.05) is 20.1 Å². The van der Waals surface area contributed by atoms with Gasteiger partial charge in [-0.25, -0.2) is 0 Å². The molecule has 0 spiro atoms. The quantitative estimate of drug-likeness (QED) is 0.503. The molecule has 2 unspecified atom stereocenters. The molecule has 0 aliphatic rings. The Hall–Kier alpha value is -1.14. The second-order valence-corrected chi connectivity index (χ2v) is 5.51. The Balaban J connectivity index is 4.07. The van der Waals surface area contributed by atoms with Gasteiger partial charge in [0.15, 0.2) is 0 Å². The van der Waals surface area contributed by atoms with Gasteiger partial charge >= 0.3 is 0 Å². The molecule has 20 heavy (non-hydrogen) atoms. The molecule has 6 nitrogen and oxygen atoms in total. The van der Waals surface area contributed by atoms with Crippen molar-refractivity contribution in [1.29, 1.82) is 0 Å². The molecule has 2 atom stereocenters. The highest BCUT2D eigenvalue weighted by Crippen LogP contribution is 2.14. The first-order valence-corrected chi connectivity index (χ1v) is 7.16. The lowest BCUT2D eigenvalue weighted by Gasteiger charge is -2.19. The molecular weight excluding hydrogens is 258 g/mol. The third-order valence-corrected chi connectivity index (χ3v) is 2.99. The van der Waals surface area contributed by atoms with Crippen LogP contribution in [-0.2, 0) is 14.3 Å². The molecule has 0 aliphatic carbocycles. The minimum Gasteiger partial charge on any atom is -0.383 e. The maximum atomic E-state index is 11.9. The average Bonchev–Trinajstić information content (AvgIpc) is 2.37. The van der Waals surface area contributed by atoms with E-state index in [-0.39, 0.29) is 17.7 Å². The molecule has 4 N–H and O–H groups in total. The van der Waals surface area contributed by atoms with Crippen LogP contribution >= 0.6 is 0 Å². The lowest BCUT2D eigenvalue weighted by molar-refractivity contribution is -0.129. The van der Waals surface area contributed by atoms with Crippen LogP contribution in [0.5, 0.6) is 0 Å². The molecule has 0 rings (SSSR count).